The molecule has 0 spiro atoms. The molecule has 1 heterocycles. The van der Waals surface area contributed by atoms with Crippen LogP contribution in [0.2, 0.25) is 10.0 Å². The molecular formula is C20H20Cl2N4O3. The average Bonchev–Trinajstić information content (AvgIpc) is 2.72. The van der Waals surface area contributed by atoms with Gasteiger partial charge in [-0.05, 0) is 35.9 Å². The maximum absolute atomic E-state index is 12.5. The van der Waals surface area contributed by atoms with Gasteiger partial charge in [-0.15, -0.1) is 0 Å². The van der Waals surface area contributed by atoms with E-state index in [0.29, 0.717) is 41.9 Å². The number of amides is 1. The Labute approximate surface area is 178 Å². The van der Waals surface area contributed by atoms with E-state index in [4.69, 9.17) is 23.2 Å². The molecular weight excluding hydrogens is 415 g/mol. The van der Waals surface area contributed by atoms with Gasteiger partial charge in [-0.1, -0.05) is 29.3 Å². The summed E-state index contributed by atoms with van der Waals surface area (Å²) in [4.78, 5) is 27.0. The smallest absolute Gasteiger partial charge is 0.292 e. The Morgan fingerprint density at radius 1 is 1.14 bits per heavy atom. The zero-order valence-electron chi connectivity index (χ0n) is 15.8. The van der Waals surface area contributed by atoms with Crippen LogP contribution in [0.25, 0.3) is 6.08 Å². The van der Waals surface area contributed by atoms with Crippen molar-refractivity contribution in [2.24, 2.45) is 0 Å². The van der Waals surface area contributed by atoms with Gasteiger partial charge in [0.1, 0.15) is 5.69 Å². The molecule has 0 bridgehead atoms. The third-order valence-corrected chi connectivity index (χ3v) is 5.33. The predicted octanol–water partition coefficient (Wildman–Crippen LogP) is 4.31. The van der Waals surface area contributed by atoms with E-state index in [-0.39, 0.29) is 11.6 Å². The number of hydrogen-bond acceptors (Lipinski definition) is 5. The van der Waals surface area contributed by atoms with Gasteiger partial charge in [0.2, 0.25) is 5.91 Å². The molecule has 152 valence electrons. The summed E-state index contributed by atoms with van der Waals surface area (Å²) in [6.45, 7) is 2.40. The van der Waals surface area contributed by atoms with Crippen LogP contribution in [0.15, 0.2) is 42.5 Å². The van der Waals surface area contributed by atoms with Crippen molar-refractivity contribution in [1.29, 1.82) is 0 Å². The van der Waals surface area contributed by atoms with Crippen molar-refractivity contribution in [3.05, 3.63) is 68.2 Å². The number of piperazine rings is 1. The highest BCUT2D eigenvalue weighted by Gasteiger charge is 2.22. The molecule has 0 aromatic heterocycles. The van der Waals surface area contributed by atoms with Crippen molar-refractivity contribution < 1.29 is 9.72 Å². The Balaban J connectivity index is 1.62. The Bertz CT molecular complexity index is 957. The molecule has 3 rings (SSSR count). The van der Waals surface area contributed by atoms with E-state index in [0.717, 1.165) is 11.3 Å². The molecule has 1 amide bonds. The van der Waals surface area contributed by atoms with Gasteiger partial charge in [-0.3, -0.25) is 14.9 Å². The average molecular weight is 435 g/mol. The monoisotopic (exact) mass is 434 g/mol. The minimum Gasteiger partial charge on any atom is -0.383 e. The second-order valence-electron chi connectivity index (χ2n) is 6.52. The van der Waals surface area contributed by atoms with E-state index in [1.807, 2.05) is 0 Å². The van der Waals surface area contributed by atoms with Crippen LogP contribution in [0.3, 0.4) is 0 Å². The first kappa shape index (κ1) is 21.0. The highest BCUT2D eigenvalue weighted by Crippen LogP contribution is 2.29. The third-order valence-electron chi connectivity index (χ3n) is 4.77. The first-order valence-corrected chi connectivity index (χ1v) is 9.78. The summed E-state index contributed by atoms with van der Waals surface area (Å²) < 4.78 is 0. The molecule has 1 N–H and O–H groups in total. The van der Waals surface area contributed by atoms with E-state index >= 15 is 0 Å². The molecule has 2 aromatic carbocycles. The van der Waals surface area contributed by atoms with Gasteiger partial charge < -0.3 is 15.1 Å². The molecule has 1 aliphatic rings. The van der Waals surface area contributed by atoms with E-state index in [2.05, 4.69) is 10.2 Å². The molecule has 0 saturated carbocycles. The number of nitrogens with one attached hydrogen (secondary N) is 1. The summed E-state index contributed by atoms with van der Waals surface area (Å²) in [5.41, 5.74) is 2.12. The number of hydrogen-bond donors (Lipinski definition) is 1. The summed E-state index contributed by atoms with van der Waals surface area (Å²) in [5.74, 6) is -0.0877. The van der Waals surface area contributed by atoms with Gasteiger partial charge in [0.05, 0.1) is 4.92 Å². The molecule has 7 nitrogen and oxygen atoms in total. The maximum Gasteiger partial charge on any atom is 0.292 e. The molecule has 9 heteroatoms. The molecule has 2 aromatic rings. The van der Waals surface area contributed by atoms with E-state index in [9.17, 15) is 14.9 Å². The number of nitro groups is 1. The van der Waals surface area contributed by atoms with E-state index < -0.39 is 4.92 Å². The zero-order chi connectivity index (χ0) is 21.0. The summed E-state index contributed by atoms with van der Waals surface area (Å²) in [6, 6.07) is 10.1. The van der Waals surface area contributed by atoms with Crippen molar-refractivity contribution in [2.45, 2.75) is 0 Å². The SMILES string of the molecule is CNc1cc(N2CCN(C(=O)C=Cc3ccc(Cl)cc3Cl)CC2)ccc1[N+](=O)[O-]. The maximum atomic E-state index is 12.5. The van der Waals surface area contributed by atoms with Crippen LogP contribution in [0.5, 0.6) is 0 Å². The van der Waals surface area contributed by atoms with Crippen molar-refractivity contribution in [2.75, 3.05) is 43.4 Å². The summed E-state index contributed by atoms with van der Waals surface area (Å²) in [7, 11) is 1.65. The number of nitrogens with zero attached hydrogens (tertiary/aromatic N) is 3. The summed E-state index contributed by atoms with van der Waals surface area (Å²) in [6.07, 6.45) is 3.19. The van der Waals surface area contributed by atoms with Crippen LogP contribution in [0.4, 0.5) is 17.1 Å². The fraction of sp³-hybridized carbons (Fsp3) is 0.250. The molecule has 1 aliphatic heterocycles. The number of rotatable bonds is 5. The number of carbonyl (C=O) groups is 1. The number of anilines is 2. The Morgan fingerprint density at radius 3 is 2.48 bits per heavy atom. The minimum absolute atomic E-state index is 0.0380. The first-order chi connectivity index (χ1) is 13.9. The van der Waals surface area contributed by atoms with Crippen LogP contribution in [-0.2, 0) is 4.79 Å². The lowest BCUT2D eigenvalue weighted by molar-refractivity contribution is -0.383. The number of nitro benzene ring substituents is 1. The number of halogens is 2. The van der Waals surface area contributed by atoms with Gasteiger partial charge in [-0.2, -0.15) is 0 Å². The molecule has 29 heavy (non-hydrogen) atoms. The summed E-state index contributed by atoms with van der Waals surface area (Å²) in [5, 5.41) is 15.0. The zero-order valence-corrected chi connectivity index (χ0v) is 17.3. The van der Waals surface area contributed by atoms with Crippen LogP contribution in [0, 0.1) is 10.1 Å². The quantitative estimate of drug-likeness (QED) is 0.430. The Hall–Kier alpha value is -2.77. The van der Waals surface area contributed by atoms with Gasteiger partial charge >= 0.3 is 0 Å². The van der Waals surface area contributed by atoms with Gasteiger partial charge in [0.25, 0.3) is 5.69 Å². The fourth-order valence-electron chi connectivity index (χ4n) is 3.17. The van der Waals surface area contributed by atoms with Gasteiger partial charge in [0, 0.05) is 61.1 Å². The van der Waals surface area contributed by atoms with E-state index in [1.165, 1.54) is 12.1 Å². The summed E-state index contributed by atoms with van der Waals surface area (Å²) >= 11 is 12.0. The molecule has 1 fully saturated rings. The normalized spacial score (nSPS) is 14.3. The molecule has 1 saturated heterocycles. The van der Waals surface area contributed by atoms with Crippen LogP contribution >= 0.6 is 23.2 Å². The number of carbonyl (C=O) groups excluding carboxylic acids is 1. The van der Waals surface area contributed by atoms with Gasteiger partial charge in [-0.25, -0.2) is 0 Å². The minimum atomic E-state index is -0.411. The largest absolute Gasteiger partial charge is 0.383 e. The Kier molecular flexibility index (Phi) is 6.61. The lowest BCUT2D eigenvalue weighted by Crippen LogP contribution is -2.48. The molecule has 0 radical (unpaired) electrons. The molecule has 0 aliphatic carbocycles. The van der Waals surface area contributed by atoms with E-state index in [1.54, 1.807) is 48.4 Å². The standard InChI is InChI=1S/C20H20Cl2N4O3/c1-23-18-13-16(5-6-19(18)26(28)29)24-8-10-25(11-9-24)20(27)7-3-14-2-4-15(21)12-17(14)22/h2-7,12-13,23H,8-11H2,1H3. The van der Waals surface area contributed by atoms with Crippen molar-refractivity contribution in [3.8, 4) is 0 Å². The highest BCUT2D eigenvalue weighted by molar-refractivity contribution is 6.35. The molecule has 0 atom stereocenters. The van der Waals surface area contributed by atoms with Crippen molar-refractivity contribution in [1.82, 2.24) is 4.90 Å². The molecule has 0 unspecified atom stereocenters. The van der Waals surface area contributed by atoms with Crippen molar-refractivity contribution >= 4 is 52.2 Å². The second kappa shape index (κ2) is 9.15. The van der Waals surface area contributed by atoms with Crippen LogP contribution < -0.4 is 10.2 Å². The Morgan fingerprint density at radius 2 is 1.86 bits per heavy atom. The topological polar surface area (TPSA) is 78.7 Å². The van der Waals surface area contributed by atoms with Crippen LogP contribution in [0.1, 0.15) is 5.56 Å². The second-order valence-corrected chi connectivity index (χ2v) is 7.36. The fourth-order valence-corrected chi connectivity index (χ4v) is 3.64. The van der Waals surface area contributed by atoms with Gasteiger partial charge in [0.15, 0.2) is 0 Å². The third kappa shape index (κ3) is 4.99. The predicted molar refractivity (Wildman–Crippen MR) is 117 cm³/mol. The lowest BCUT2D eigenvalue weighted by atomic mass is 10.2. The highest BCUT2D eigenvalue weighted by atomic mass is 35.5. The first-order valence-electron chi connectivity index (χ1n) is 9.02. The van der Waals surface area contributed by atoms with Crippen LogP contribution in [-0.4, -0.2) is 49.0 Å². The lowest BCUT2D eigenvalue weighted by Gasteiger charge is -2.35. The van der Waals surface area contributed by atoms with Crippen molar-refractivity contribution in [3.63, 3.8) is 0 Å². The number of benzene rings is 2.